The van der Waals surface area contributed by atoms with E-state index in [9.17, 15) is 5.11 Å². The maximum atomic E-state index is 10.6. The number of rotatable bonds is 4. The fourth-order valence-corrected chi connectivity index (χ4v) is 2.81. The summed E-state index contributed by atoms with van der Waals surface area (Å²) in [7, 11) is 0. The van der Waals surface area contributed by atoms with Gasteiger partial charge in [0, 0.05) is 5.54 Å². The van der Waals surface area contributed by atoms with E-state index >= 15 is 0 Å². The van der Waals surface area contributed by atoms with Gasteiger partial charge in [0.2, 0.25) is 0 Å². The molecule has 100 valence electrons. The molecule has 1 aromatic carbocycles. The van der Waals surface area contributed by atoms with Crippen molar-refractivity contribution < 1.29 is 5.11 Å². The minimum absolute atomic E-state index is 0.176. The summed E-state index contributed by atoms with van der Waals surface area (Å²) in [6.07, 6.45) is 3.14. The van der Waals surface area contributed by atoms with Gasteiger partial charge in [-0.05, 0) is 57.3 Å². The second-order valence-electron chi connectivity index (χ2n) is 5.85. The van der Waals surface area contributed by atoms with Crippen molar-refractivity contribution in [2.75, 3.05) is 13.1 Å². The molecule has 1 fully saturated rings. The number of hydrogen-bond acceptors (Lipinski definition) is 2. The highest BCUT2D eigenvalue weighted by Gasteiger charge is 2.36. The molecular weight excluding hydrogens is 222 g/mol. The summed E-state index contributed by atoms with van der Waals surface area (Å²) in [6, 6.07) is 8.39. The lowest BCUT2D eigenvalue weighted by atomic mass is 9.89. The predicted octanol–water partition coefficient (Wildman–Crippen LogP) is 3.16. The van der Waals surface area contributed by atoms with E-state index in [0.29, 0.717) is 0 Å². The first-order valence-corrected chi connectivity index (χ1v) is 7.07. The van der Waals surface area contributed by atoms with Gasteiger partial charge in [-0.15, -0.1) is 0 Å². The van der Waals surface area contributed by atoms with E-state index in [1.165, 1.54) is 18.4 Å². The predicted molar refractivity (Wildman–Crippen MR) is 75.7 cm³/mol. The normalized spacial score (nSPS) is 19.1. The Balaban J connectivity index is 2.15. The van der Waals surface area contributed by atoms with Gasteiger partial charge in [0.15, 0.2) is 0 Å². The van der Waals surface area contributed by atoms with Crippen LogP contribution in [0.3, 0.4) is 0 Å². The van der Waals surface area contributed by atoms with E-state index in [-0.39, 0.29) is 5.54 Å². The summed E-state index contributed by atoms with van der Waals surface area (Å²) in [5, 5.41) is 10.6. The largest absolute Gasteiger partial charge is 0.386 e. The topological polar surface area (TPSA) is 23.5 Å². The smallest absolute Gasteiger partial charge is 0.0968 e. The Hall–Kier alpha value is -0.860. The minimum Gasteiger partial charge on any atom is -0.386 e. The zero-order valence-electron chi connectivity index (χ0n) is 11.8. The summed E-state index contributed by atoms with van der Waals surface area (Å²) in [5.41, 5.74) is 2.18. The van der Waals surface area contributed by atoms with E-state index in [4.69, 9.17) is 0 Å². The molecule has 1 saturated heterocycles. The number of aliphatic hydroxyl groups is 1. The fourth-order valence-electron chi connectivity index (χ4n) is 2.81. The van der Waals surface area contributed by atoms with Gasteiger partial charge in [-0.1, -0.05) is 31.2 Å². The monoisotopic (exact) mass is 247 g/mol. The average molecular weight is 247 g/mol. The molecule has 1 N–H and O–H groups in total. The van der Waals surface area contributed by atoms with Crippen LogP contribution in [0, 0.1) is 0 Å². The van der Waals surface area contributed by atoms with Crippen LogP contribution in [0.5, 0.6) is 0 Å². The van der Waals surface area contributed by atoms with Gasteiger partial charge < -0.3 is 5.11 Å². The number of benzene rings is 1. The third-order valence-electron chi connectivity index (χ3n) is 4.29. The van der Waals surface area contributed by atoms with Crippen molar-refractivity contribution in [2.24, 2.45) is 0 Å². The summed E-state index contributed by atoms with van der Waals surface area (Å²) in [6.45, 7) is 8.67. The molecule has 0 amide bonds. The molecule has 1 atom stereocenters. The number of hydrogen-bond donors (Lipinski definition) is 1. The first-order chi connectivity index (χ1) is 8.55. The molecule has 0 radical (unpaired) electrons. The average Bonchev–Trinajstić information content (AvgIpc) is 2.92. The lowest BCUT2D eigenvalue weighted by Gasteiger charge is -2.39. The van der Waals surface area contributed by atoms with Crippen molar-refractivity contribution in [1.82, 2.24) is 4.90 Å². The Morgan fingerprint density at radius 3 is 2.22 bits per heavy atom. The molecule has 2 rings (SSSR count). The van der Waals surface area contributed by atoms with Crippen molar-refractivity contribution in [3.05, 3.63) is 35.4 Å². The third kappa shape index (κ3) is 2.60. The van der Waals surface area contributed by atoms with Crippen LogP contribution in [-0.2, 0) is 6.42 Å². The Bertz CT molecular complexity index is 377. The highest BCUT2D eigenvalue weighted by atomic mass is 16.3. The standard InChI is InChI=1S/C16H25NO/c1-4-13-7-9-14(10-8-13)15(18)16(2,3)17-11-5-6-12-17/h7-10,15,18H,4-6,11-12H2,1-3H3. The van der Waals surface area contributed by atoms with E-state index < -0.39 is 6.10 Å². The Morgan fingerprint density at radius 1 is 1.17 bits per heavy atom. The SMILES string of the molecule is CCc1ccc(C(O)C(C)(C)N2CCCC2)cc1. The van der Waals surface area contributed by atoms with Gasteiger partial charge in [-0.3, -0.25) is 4.90 Å². The van der Waals surface area contributed by atoms with Gasteiger partial charge in [-0.25, -0.2) is 0 Å². The second kappa shape index (κ2) is 5.41. The highest BCUT2D eigenvalue weighted by Crippen LogP contribution is 2.33. The number of aryl methyl sites for hydroxylation is 1. The molecule has 0 saturated carbocycles. The maximum Gasteiger partial charge on any atom is 0.0968 e. The van der Waals surface area contributed by atoms with Gasteiger partial charge in [-0.2, -0.15) is 0 Å². The molecule has 1 heterocycles. The van der Waals surface area contributed by atoms with E-state index in [2.05, 4.69) is 49.9 Å². The summed E-state index contributed by atoms with van der Waals surface area (Å²) in [4.78, 5) is 2.41. The van der Waals surface area contributed by atoms with Crippen molar-refractivity contribution in [3.8, 4) is 0 Å². The van der Waals surface area contributed by atoms with Crippen molar-refractivity contribution >= 4 is 0 Å². The first kappa shape index (κ1) is 13.6. The van der Waals surface area contributed by atoms with Crippen molar-refractivity contribution in [3.63, 3.8) is 0 Å². The molecule has 2 heteroatoms. The molecule has 1 unspecified atom stereocenters. The summed E-state index contributed by atoms with van der Waals surface area (Å²) in [5.74, 6) is 0. The number of aliphatic hydroxyl groups excluding tert-OH is 1. The molecule has 0 aromatic heterocycles. The van der Waals surface area contributed by atoms with Crippen LogP contribution in [-0.4, -0.2) is 28.6 Å². The van der Waals surface area contributed by atoms with Crippen molar-refractivity contribution in [2.45, 2.75) is 51.7 Å². The van der Waals surface area contributed by atoms with Crippen LogP contribution in [0.2, 0.25) is 0 Å². The molecular formula is C16H25NO. The Morgan fingerprint density at radius 2 is 1.72 bits per heavy atom. The van der Waals surface area contributed by atoms with Crippen LogP contribution in [0.4, 0.5) is 0 Å². The first-order valence-electron chi connectivity index (χ1n) is 7.07. The number of nitrogens with zero attached hydrogens (tertiary/aromatic N) is 1. The second-order valence-corrected chi connectivity index (χ2v) is 5.85. The van der Waals surface area contributed by atoms with E-state index in [1.807, 2.05) is 0 Å². The quantitative estimate of drug-likeness (QED) is 0.883. The zero-order chi connectivity index (χ0) is 13.2. The molecule has 1 aromatic rings. The molecule has 0 aliphatic carbocycles. The molecule has 18 heavy (non-hydrogen) atoms. The number of likely N-dealkylation sites (tertiary alicyclic amines) is 1. The van der Waals surface area contributed by atoms with Crippen LogP contribution < -0.4 is 0 Å². The van der Waals surface area contributed by atoms with Crippen LogP contribution in [0.1, 0.15) is 50.8 Å². The lowest BCUT2D eigenvalue weighted by molar-refractivity contribution is 0.00132. The van der Waals surface area contributed by atoms with Gasteiger partial charge in [0.1, 0.15) is 0 Å². The van der Waals surface area contributed by atoms with Crippen LogP contribution in [0.15, 0.2) is 24.3 Å². The lowest BCUT2D eigenvalue weighted by Crippen LogP contribution is -2.46. The fraction of sp³-hybridized carbons (Fsp3) is 0.625. The van der Waals surface area contributed by atoms with Gasteiger partial charge in [0.05, 0.1) is 6.10 Å². The third-order valence-corrected chi connectivity index (χ3v) is 4.29. The summed E-state index contributed by atoms with van der Waals surface area (Å²) < 4.78 is 0. The Kier molecular flexibility index (Phi) is 4.08. The zero-order valence-corrected chi connectivity index (χ0v) is 11.8. The Labute approximate surface area is 111 Å². The molecule has 0 bridgehead atoms. The highest BCUT2D eigenvalue weighted by molar-refractivity contribution is 5.26. The molecule has 0 spiro atoms. The molecule has 1 aliphatic heterocycles. The summed E-state index contributed by atoms with van der Waals surface area (Å²) >= 11 is 0. The van der Waals surface area contributed by atoms with Crippen LogP contribution >= 0.6 is 0 Å². The van der Waals surface area contributed by atoms with Gasteiger partial charge >= 0.3 is 0 Å². The van der Waals surface area contributed by atoms with Crippen LogP contribution in [0.25, 0.3) is 0 Å². The minimum atomic E-state index is -0.415. The van der Waals surface area contributed by atoms with E-state index in [1.54, 1.807) is 0 Å². The van der Waals surface area contributed by atoms with Crippen molar-refractivity contribution in [1.29, 1.82) is 0 Å². The molecule has 2 nitrogen and oxygen atoms in total. The molecule has 1 aliphatic rings. The van der Waals surface area contributed by atoms with Gasteiger partial charge in [0.25, 0.3) is 0 Å². The maximum absolute atomic E-state index is 10.6. The van der Waals surface area contributed by atoms with E-state index in [0.717, 1.165) is 25.1 Å².